The molecule has 2 saturated heterocycles. The van der Waals surface area contributed by atoms with Gasteiger partial charge in [-0.3, -0.25) is 4.79 Å². The number of hydrogen-bond acceptors (Lipinski definition) is 3. The van der Waals surface area contributed by atoms with Crippen molar-refractivity contribution in [3.05, 3.63) is 83.0 Å². The number of rotatable bonds is 4. The van der Waals surface area contributed by atoms with Crippen molar-refractivity contribution in [1.29, 1.82) is 0 Å². The molecule has 0 unspecified atom stereocenters. The normalized spacial score (nSPS) is 21.6. The lowest BCUT2D eigenvalue weighted by Gasteiger charge is -2.29. The first-order valence-electron chi connectivity index (χ1n) is 11.6. The quantitative estimate of drug-likeness (QED) is 0.462. The predicted octanol–water partition coefficient (Wildman–Crippen LogP) is 5.77. The molecule has 1 amide bonds. The molecule has 2 aliphatic rings. The van der Waals surface area contributed by atoms with Crippen molar-refractivity contribution in [2.75, 3.05) is 7.11 Å². The number of amides is 1. The second-order valence-corrected chi connectivity index (χ2v) is 9.05. The Bertz CT molecular complexity index is 1270. The van der Waals surface area contributed by atoms with Gasteiger partial charge in [0, 0.05) is 17.8 Å². The summed E-state index contributed by atoms with van der Waals surface area (Å²) in [5.41, 5.74) is 4.04. The van der Waals surface area contributed by atoms with E-state index < -0.39 is 11.6 Å². The number of aryl methyl sites for hydroxylation is 1. The molecule has 2 fully saturated rings. The van der Waals surface area contributed by atoms with Gasteiger partial charge in [-0.15, -0.1) is 0 Å². The molecule has 34 heavy (non-hydrogen) atoms. The third kappa shape index (κ3) is 4.11. The number of carbonyl (C=O) groups excluding carboxylic acids is 1. The third-order valence-electron chi connectivity index (χ3n) is 6.86. The van der Waals surface area contributed by atoms with Crippen molar-refractivity contribution in [2.45, 2.75) is 51.1 Å². The van der Waals surface area contributed by atoms with Gasteiger partial charge < -0.3 is 14.2 Å². The van der Waals surface area contributed by atoms with Crippen LogP contribution in [0.3, 0.4) is 0 Å². The number of hydrogen-bond donors (Lipinski definition) is 0. The SMILES string of the molecule is COc1cc(/C=C2/CCC[C@@H]3CC[C@H](c4ccc(F)c(F)c4)N3C2=O)ccc1-n1cnc(C)c1. The van der Waals surface area contributed by atoms with Gasteiger partial charge in [-0.25, -0.2) is 13.8 Å². The van der Waals surface area contributed by atoms with E-state index in [1.165, 1.54) is 6.07 Å². The van der Waals surface area contributed by atoms with Gasteiger partial charge >= 0.3 is 0 Å². The van der Waals surface area contributed by atoms with Gasteiger partial charge in [0.25, 0.3) is 5.91 Å². The van der Waals surface area contributed by atoms with E-state index in [1.54, 1.807) is 19.5 Å². The summed E-state index contributed by atoms with van der Waals surface area (Å²) in [6, 6.07) is 9.69. The van der Waals surface area contributed by atoms with Gasteiger partial charge in [-0.2, -0.15) is 0 Å². The summed E-state index contributed by atoms with van der Waals surface area (Å²) in [5.74, 6) is -1.09. The first-order valence-corrected chi connectivity index (χ1v) is 11.6. The van der Waals surface area contributed by atoms with Crippen LogP contribution >= 0.6 is 0 Å². The highest BCUT2D eigenvalue weighted by molar-refractivity contribution is 5.98. The Balaban J connectivity index is 1.46. The fourth-order valence-corrected chi connectivity index (χ4v) is 5.21. The zero-order valence-corrected chi connectivity index (χ0v) is 19.3. The topological polar surface area (TPSA) is 47.4 Å². The fourth-order valence-electron chi connectivity index (χ4n) is 5.21. The van der Waals surface area contributed by atoms with Crippen LogP contribution in [0.1, 0.15) is 55.0 Å². The van der Waals surface area contributed by atoms with Crippen LogP contribution in [0, 0.1) is 18.6 Å². The van der Waals surface area contributed by atoms with E-state index in [-0.39, 0.29) is 18.0 Å². The monoisotopic (exact) mass is 463 g/mol. The van der Waals surface area contributed by atoms with Crippen molar-refractivity contribution in [1.82, 2.24) is 14.5 Å². The number of methoxy groups -OCH3 is 1. The van der Waals surface area contributed by atoms with Crippen molar-refractivity contribution in [3.8, 4) is 11.4 Å². The number of imidazole rings is 1. The molecule has 0 spiro atoms. The van der Waals surface area contributed by atoms with Crippen molar-refractivity contribution >= 4 is 12.0 Å². The summed E-state index contributed by atoms with van der Waals surface area (Å²) in [7, 11) is 1.62. The molecule has 5 nitrogen and oxygen atoms in total. The van der Waals surface area contributed by atoms with Gasteiger partial charge in [0.2, 0.25) is 0 Å². The summed E-state index contributed by atoms with van der Waals surface area (Å²) < 4.78 is 34.9. The van der Waals surface area contributed by atoms with Gasteiger partial charge in [0.05, 0.1) is 30.9 Å². The minimum absolute atomic E-state index is 0.0250. The van der Waals surface area contributed by atoms with Crippen LogP contribution in [0.25, 0.3) is 11.8 Å². The summed E-state index contributed by atoms with van der Waals surface area (Å²) in [5, 5.41) is 0. The van der Waals surface area contributed by atoms with Crippen LogP contribution in [0.5, 0.6) is 5.75 Å². The number of halogens is 2. The zero-order valence-electron chi connectivity index (χ0n) is 19.3. The van der Waals surface area contributed by atoms with Crippen molar-refractivity contribution in [2.24, 2.45) is 0 Å². The van der Waals surface area contributed by atoms with E-state index in [1.807, 2.05) is 46.9 Å². The molecule has 0 bridgehead atoms. The maximum absolute atomic E-state index is 13.9. The van der Waals surface area contributed by atoms with Crippen LogP contribution in [0.15, 0.2) is 54.5 Å². The van der Waals surface area contributed by atoms with Crippen LogP contribution in [0.2, 0.25) is 0 Å². The lowest BCUT2D eigenvalue weighted by Crippen LogP contribution is -2.36. The van der Waals surface area contributed by atoms with Crippen LogP contribution in [0.4, 0.5) is 8.78 Å². The minimum atomic E-state index is -0.876. The average molecular weight is 464 g/mol. The number of fused-ring (bicyclic) bond motifs is 1. The lowest BCUT2D eigenvalue weighted by atomic mass is 10.0. The van der Waals surface area contributed by atoms with Crippen LogP contribution in [-0.4, -0.2) is 33.5 Å². The number of nitrogens with zero attached hydrogens (tertiary/aromatic N) is 3. The van der Waals surface area contributed by atoms with Gasteiger partial charge in [0.1, 0.15) is 5.75 Å². The van der Waals surface area contributed by atoms with E-state index in [0.29, 0.717) is 17.7 Å². The molecule has 2 aliphatic heterocycles. The molecule has 2 aromatic carbocycles. The molecule has 0 aliphatic carbocycles. The number of benzene rings is 2. The maximum atomic E-state index is 13.9. The number of carbonyl (C=O) groups is 1. The Kier molecular flexibility index (Phi) is 5.94. The first-order chi connectivity index (χ1) is 16.4. The number of aromatic nitrogens is 2. The largest absolute Gasteiger partial charge is 0.495 e. The molecule has 3 heterocycles. The Labute approximate surface area is 197 Å². The molecule has 2 atom stereocenters. The van der Waals surface area contributed by atoms with E-state index >= 15 is 0 Å². The molecule has 1 aromatic heterocycles. The average Bonchev–Trinajstić information content (AvgIpc) is 3.42. The standard InChI is InChI=1S/C27H27F2N3O2/c1-17-15-31(16-30-17)25-10-6-18(13-26(25)34-2)12-20-4-3-5-21-8-11-24(32(21)27(20)33)19-7-9-22(28)23(29)14-19/h6-7,9-10,12-16,21,24H,3-5,8,11H2,1-2H3/b20-12-/t21-,24-/m1/s1. The molecule has 5 rings (SSSR count). The zero-order chi connectivity index (χ0) is 23.8. The number of ether oxygens (including phenoxy) is 1. The maximum Gasteiger partial charge on any atom is 0.250 e. The predicted molar refractivity (Wildman–Crippen MR) is 126 cm³/mol. The summed E-state index contributed by atoms with van der Waals surface area (Å²) in [6.45, 7) is 1.93. The van der Waals surface area contributed by atoms with Crippen LogP contribution < -0.4 is 4.74 Å². The van der Waals surface area contributed by atoms with E-state index in [0.717, 1.165) is 54.3 Å². The summed E-state index contributed by atoms with van der Waals surface area (Å²) in [4.78, 5) is 19.8. The lowest BCUT2D eigenvalue weighted by molar-refractivity contribution is -0.129. The van der Waals surface area contributed by atoms with Crippen molar-refractivity contribution in [3.63, 3.8) is 0 Å². The molecule has 3 aromatic rings. The minimum Gasteiger partial charge on any atom is -0.495 e. The highest BCUT2D eigenvalue weighted by atomic mass is 19.2. The first kappa shape index (κ1) is 22.3. The molecule has 0 saturated carbocycles. The molecule has 7 heteroatoms. The Morgan fingerprint density at radius 2 is 1.94 bits per heavy atom. The summed E-state index contributed by atoms with van der Waals surface area (Å²) >= 11 is 0. The fraction of sp³-hybridized carbons (Fsp3) is 0.333. The molecular formula is C27H27F2N3O2. The smallest absolute Gasteiger partial charge is 0.250 e. The second-order valence-electron chi connectivity index (χ2n) is 9.05. The van der Waals surface area contributed by atoms with Gasteiger partial charge in [-0.1, -0.05) is 12.1 Å². The highest BCUT2D eigenvalue weighted by Gasteiger charge is 2.40. The van der Waals surface area contributed by atoms with Crippen LogP contribution in [-0.2, 0) is 4.79 Å². The van der Waals surface area contributed by atoms with Gasteiger partial charge in [-0.05, 0) is 80.5 Å². The summed E-state index contributed by atoms with van der Waals surface area (Å²) in [6.07, 6.45) is 9.72. The Morgan fingerprint density at radius 3 is 2.68 bits per heavy atom. The molecule has 0 N–H and O–H groups in total. The van der Waals surface area contributed by atoms with E-state index in [2.05, 4.69) is 4.98 Å². The van der Waals surface area contributed by atoms with Crippen molar-refractivity contribution < 1.29 is 18.3 Å². The third-order valence-corrected chi connectivity index (χ3v) is 6.86. The highest BCUT2D eigenvalue weighted by Crippen LogP contribution is 2.42. The van der Waals surface area contributed by atoms with E-state index in [4.69, 9.17) is 4.74 Å². The van der Waals surface area contributed by atoms with Gasteiger partial charge in [0.15, 0.2) is 11.6 Å². The van der Waals surface area contributed by atoms with E-state index in [9.17, 15) is 13.6 Å². The molecule has 176 valence electrons. The second kappa shape index (κ2) is 9.05. The molecular weight excluding hydrogens is 436 g/mol. The molecule has 0 radical (unpaired) electrons. The Morgan fingerprint density at radius 1 is 1.09 bits per heavy atom. The Hall–Kier alpha value is -3.48.